The lowest BCUT2D eigenvalue weighted by Crippen LogP contribution is -2.44. The molecule has 0 unspecified atom stereocenters. The van der Waals surface area contributed by atoms with E-state index in [-0.39, 0.29) is 12.5 Å². The molecule has 0 saturated carbocycles. The second kappa shape index (κ2) is 5.01. The first-order chi connectivity index (χ1) is 7.81. The van der Waals surface area contributed by atoms with Crippen molar-refractivity contribution in [3.05, 3.63) is 29.8 Å². The van der Waals surface area contributed by atoms with Crippen LogP contribution in [0.1, 0.15) is 18.9 Å². The summed E-state index contributed by atoms with van der Waals surface area (Å²) >= 11 is 0. The Labute approximate surface area is 96.0 Å². The zero-order chi connectivity index (χ0) is 11.4. The molecule has 0 aliphatic carbocycles. The van der Waals surface area contributed by atoms with E-state index in [9.17, 15) is 4.79 Å². The first kappa shape index (κ1) is 11.0. The van der Waals surface area contributed by atoms with Gasteiger partial charge in [0.25, 0.3) is 5.91 Å². The van der Waals surface area contributed by atoms with Gasteiger partial charge in [0.15, 0.2) is 6.61 Å². The summed E-state index contributed by atoms with van der Waals surface area (Å²) in [7, 11) is 0. The van der Waals surface area contributed by atoms with Gasteiger partial charge in [0.05, 0.1) is 0 Å². The molecule has 3 heteroatoms. The predicted octanol–water partition coefficient (Wildman–Crippen LogP) is 1.86. The molecule has 16 heavy (non-hydrogen) atoms. The van der Waals surface area contributed by atoms with Crippen LogP contribution in [0.25, 0.3) is 0 Å². The summed E-state index contributed by atoms with van der Waals surface area (Å²) in [5.41, 5.74) is 1.15. The van der Waals surface area contributed by atoms with Crippen molar-refractivity contribution in [3.8, 4) is 5.75 Å². The van der Waals surface area contributed by atoms with Gasteiger partial charge in [0.2, 0.25) is 0 Å². The van der Waals surface area contributed by atoms with Gasteiger partial charge in [-0.2, -0.15) is 0 Å². The second-order valence-corrected chi connectivity index (χ2v) is 3.98. The van der Waals surface area contributed by atoms with E-state index < -0.39 is 0 Å². The fourth-order valence-corrected chi connectivity index (χ4v) is 1.73. The smallest absolute Gasteiger partial charge is 0.260 e. The number of rotatable bonds is 4. The first-order valence-electron chi connectivity index (χ1n) is 5.79. The molecule has 1 heterocycles. The molecule has 1 aliphatic rings. The topological polar surface area (TPSA) is 29.5 Å². The summed E-state index contributed by atoms with van der Waals surface area (Å²) in [5, 5.41) is 0. The Kier molecular flexibility index (Phi) is 3.44. The van der Waals surface area contributed by atoms with Crippen molar-refractivity contribution in [1.82, 2.24) is 4.90 Å². The van der Waals surface area contributed by atoms with E-state index in [1.165, 1.54) is 0 Å². The Morgan fingerprint density at radius 1 is 1.38 bits per heavy atom. The third-order valence-corrected chi connectivity index (χ3v) is 2.91. The van der Waals surface area contributed by atoms with Crippen LogP contribution in [0.2, 0.25) is 0 Å². The number of hydrogen-bond acceptors (Lipinski definition) is 2. The number of ether oxygens (including phenoxy) is 1. The van der Waals surface area contributed by atoms with Crippen LogP contribution in [-0.2, 0) is 11.2 Å². The molecule has 0 radical (unpaired) electrons. The SMILES string of the molecule is CCc1ccccc1OCC(=O)N1CCC1. The maximum Gasteiger partial charge on any atom is 0.260 e. The van der Waals surface area contributed by atoms with E-state index in [2.05, 4.69) is 6.92 Å². The predicted molar refractivity (Wildman–Crippen MR) is 62.5 cm³/mol. The molecule has 0 bridgehead atoms. The second-order valence-electron chi connectivity index (χ2n) is 3.98. The van der Waals surface area contributed by atoms with E-state index in [1.54, 1.807) is 0 Å². The minimum atomic E-state index is 0.0946. The van der Waals surface area contributed by atoms with Gasteiger partial charge < -0.3 is 9.64 Å². The molecular weight excluding hydrogens is 202 g/mol. The zero-order valence-corrected chi connectivity index (χ0v) is 9.61. The molecule has 1 aromatic rings. The highest BCUT2D eigenvalue weighted by molar-refractivity contribution is 5.78. The molecule has 1 aliphatic heterocycles. The van der Waals surface area contributed by atoms with Gasteiger partial charge in [-0.3, -0.25) is 4.79 Å². The molecule has 3 nitrogen and oxygen atoms in total. The summed E-state index contributed by atoms with van der Waals surface area (Å²) in [5.74, 6) is 0.927. The van der Waals surface area contributed by atoms with Crippen molar-refractivity contribution >= 4 is 5.91 Å². The summed E-state index contributed by atoms with van der Waals surface area (Å²) in [6.07, 6.45) is 2.05. The number of carbonyl (C=O) groups is 1. The molecule has 0 aromatic heterocycles. The Morgan fingerprint density at radius 2 is 2.12 bits per heavy atom. The third-order valence-electron chi connectivity index (χ3n) is 2.91. The van der Waals surface area contributed by atoms with Crippen LogP contribution < -0.4 is 4.74 Å². The van der Waals surface area contributed by atoms with Gasteiger partial charge in [0.1, 0.15) is 5.75 Å². The Hall–Kier alpha value is -1.51. The Balaban J connectivity index is 1.90. The van der Waals surface area contributed by atoms with Crippen LogP contribution in [0.3, 0.4) is 0 Å². The molecule has 86 valence electrons. The fourth-order valence-electron chi connectivity index (χ4n) is 1.73. The van der Waals surface area contributed by atoms with E-state index >= 15 is 0 Å². The van der Waals surface area contributed by atoms with Gasteiger partial charge in [-0.05, 0) is 24.5 Å². The maximum atomic E-state index is 11.6. The number of hydrogen-bond donors (Lipinski definition) is 0. The van der Waals surface area contributed by atoms with Crippen molar-refractivity contribution in [3.63, 3.8) is 0 Å². The summed E-state index contributed by atoms with van der Waals surface area (Å²) < 4.78 is 5.56. The number of aryl methyl sites for hydroxylation is 1. The van der Waals surface area contributed by atoms with Crippen LogP contribution in [0.4, 0.5) is 0 Å². The molecule has 1 aromatic carbocycles. The van der Waals surface area contributed by atoms with E-state index in [1.807, 2.05) is 29.2 Å². The van der Waals surface area contributed by atoms with Crippen LogP contribution in [-0.4, -0.2) is 30.5 Å². The molecule has 0 atom stereocenters. The van der Waals surface area contributed by atoms with E-state index in [0.29, 0.717) is 0 Å². The van der Waals surface area contributed by atoms with Gasteiger partial charge in [-0.15, -0.1) is 0 Å². The van der Waals surface area contributed by atoms with Crippen LogP contribution in [0.5, 0.6) is 5.75 Å². The average molecular weight is 219 g/mol. The van der Waals surface area contributed by atoms with Gasteiger partial charge in [0, 0.05) is 13.1 Å². The number of para-hydroxylation sites is 1. The zero-order valence-electron chi connectivity index (χ0n) is 9.61. The van der Waals surface area contributed by atoms with Crippen molar-refractivity contribution in [2.75, 3.05) is 19.7 Å². The standard InChI is InChI=1S/C13H17NO2/c1-2-11-6-3-4-7-12(11)16-10-13(15)14-8-5-9-14/h3-4,6-7H,2,5,8-10H2,1H3. The van der Waals surface area contributed by atoms with Crippen LogP contribution >= 0.6 is 0 Å². The number of nitrogens with zero attached hydrogens (tertiary/aromatic N) is 1. The lowest BCUT2D eigenvalue weighted by atomic mass is 10.1. The lowest BCUT2D eigenvalue weighted by Gasteiger charge is -2.30. The van der Waals surface area contributed by atoms with Crippen molar-refractivity contribution in [1.29, 1.82) is 0 Å². The molecular formula is C13H17NO2. The molecule has 1 saturated heterocycles. The Morgan fingerprint density at radius 3 is 2.75 bits per heavy atom. The van der Waals surface area contributed by atoms with Gasteiger partial charge in [-0.1, -0.05) is 25.1 Å². The minimum absolute atomic E-state index is 0.0946. The van der Waals surface area contributed by atoms with E-state index in [4.69, 9.17) is 4.74 Å². The monoisotopic (exact) mass is 219 g/mol. The van der Waals surface area contributed by atoms with Crippen molar-refractivity contribution in [2.45, 2.75) is 19.8 Å². The summed E-state index contributed by atoms with van der Waals surface area (Å²) in [6.45, 7) is 4.02. The van der Waals surface area contributed by atoms with Crippen molar-refractivity contribution in [2.24, 2.45) is 0 Å². The molecule has 0 N–H and O–H groups in total. The summed E-state index contributed by atoms with van der Waals surface area (Å²) in [6, 6.07) is 7.87. The molecule has 2 rings (SSSR count). The maximum absolute atomic E-state index is 11.6. The molecule has 1 amide bonds. The molecule has 1 fully saturated rings. The van der Waals surface area contributed by atoms with Crippen molar-refractivity contribution < 1.29 is 9.53 Å². The normalized spacial score (nSPS) is 14.4. The van der Waals surface area contributed by atoms with Crippen LogP contribution in [0, 0.1) is 0 Å². The number of likely N-dealkylation sites (tertiary alicyclic amines) is 1. The average Bonchev–Trinajstić information content (AvgIpc) is 2.24. The van der Waals surface area contributed by atoms with Gasteiger partial charge in [-0.25, -0.2) is 0 Å². The largest absolute Gasteiger partial charge is 0.483 e. The molecule has 0 spiro atoms. The fraction of sp³-hybridized carbons (Fsp3) is 0.462. The lowest BCUT2D eigenvalue weighted by molar-refractivity contribution is -0.136. The number of carbonyl (C=O) groups excluding carboxylic acids is 1. The van der Waals surface area contributed by atoms with Crippen LogP contribution in [0.15, 0.2) is 24.3 Å². The number of amides is 1. The number of benzene rings is 1. The highest BCUT2D eigenvalue weighted by Crippen LogP contribution is 2.18. The Bertz CT molecular complexity index is 372. The highest BCUT2D eigenvalue weighted by atomic mass is 16.5. The quantitative estimate of drug-likeness (QED) is 0.773. The third kappa shape index (κ3) is 2.35. The summed E-state index contributed by atoms with van der Waals surface area (Å²) in [4.78, 5) is 13.4. The minimum Gasteiger partial charge on any atom is -0.483 e. The van der Waals surface area contributed by atoms with Gasteiger partial charge >= 0.3 is 0 Å². The highest BCUT2D eigenvalue weighted by Gasteiger charge is 2.20. The van der Waals surface area contributed by atoms with E-state index in [0.717, 1.165) is 37.2 Å². The first-order valence-corrected chi connectivity index (χ1v) is 5.79.